The van der Waals surface area contributed by atoms with Crippen LogP contribution in [0.5, 0.6) is 0 Å². The van der Waals surface area contributed by atoms with Gasteiger partial charge in [-0.15, -0.1) is 0 Å². The average molecular weight is 262 g/mol. The number of carbonyl (C=O) groups is 1. The molecule has 76 valence electrons. The zero-order valence-corrected chi connectivity index (χ0v) is 8.73. The van der Waals surface area contributed by atoms with Crippen molar-refractivity contribution < 1.29 is 14.8 Å². The molecule has 0 aliphatic heterocycles. The second-order valence-corrected chi connectivity index (χ2v) is 3.41. The lowest BCUT2D eigenvalue weighted by molar-refractivity contribution is -0.421. The predicted molar refractivity (Wildman–Crippen MR) is 52.7 cm³/mol. The van der Waals surface area contributed by atoms with Crippen molar-refractivity contribution in [2.45, 2.75) is 6.42 Å². The van der Waals surface area contributed by atoms with Crippen LogP contribution in [0.15, 0.2) is 23.4 Å². The highest BCUT2D eigenvalue weighted by Crippen LogP contribution is 2.24. The summed E-state index contributed by atoms with van der Waals surface area (Å²) >= 11 is 3.12. The number of halogens is 1. The standard InChI is InChI=1S/C8H8BrNO4/c9-4-6-2-1-5(8(11)12)3-7(6)10(13)14/h2-3,5H,1,4H2,(H,11,12). The summed E-state index contributed by atoms with van der Waals surface area (Å²) in [6.07, 6.45) is 3.10. The average Bonchev–Trinajstić information content (AvgIpc) is 2.16. The van der Waals surface area contributed by atoms with Crippen LogP contribution >= 0.6 is 15.9 Å². The summed E-state index contributed by atoms with van der Waals surface area (Å²) < 4.78 is 0. The molecule has 5 nitrogen and oxygen atoms in total. The fourth-order valence-electron chi connectivity index (χ4n) is 1.21. The largest absolute Gasteiger partial charge is 0.481 e. The highest BCUT2D eigenvalue weighted by molar-refractivity contribution is 9.09. The summed E-state index contributed by atoms with van der Waals surface area (Å²) in [6.45, 7) is 0. The van der Waals surface area contributed by atoms with E-state index < -0.39 is 16.8 Å². The van der Waals surface area contributed by atoms with Gasteiger partial charge in [-0.1, -0.05) is 22.0 Å². The van der Waals surface area contributed by atoms with Gasteiger partial charge in [0.1, 0.15) is 0 Å². The number of hydrogen-bond donors (Lipinski definition) is 1. The van der Waals surface area contributed by atoms with Gasteiger partial charge in [0.25, 0.3) is 5.70 Å². The van der Waals surface area contributed by atoms with Gasteiger partial charge in [0, 0.05) is 17.0 Å². The normalized spacial score (nSPS) is 21.1. The maximum atomic E-state index is 10.6. The topological polar surface area (TPSA) is 80.4 Å². The van der Waals surface area contributed by atoms with Gasteiger partial charge in [-0.3, -0.25) is 14.9 Å². The molecule has 1 aliphatic rings. The lowest BCUT2D eigenvalue weighted by Gasteiger charge is -2.11. The maximum Gasteiger partial charge on any atom is 0.310 e. The van der Waals surface area contributed by atoms with E-state index >= 15 is 0 Å². The molecule has 0 heterocycles. The van der Waals surface area contributed by atoms with Gasteiger partial charge < -0.3 is 5.11 Å². The zero-order chi connectivity index (χ0) is 10.7. The molecule has 6 heteroatoms. The first-order valence-electron chi connectivity index (χ1n) is 3.90. The van der Waals surface area contributed by atoms with Crippen LogP contribution in [0.4, 0.5) is 0 Å². The molecule has 0 spiro atoms. The lowest BCUT2D eigenvalue weighted by Crippen LogP contribution is -2.17. The number of carboxylic acids is 1. The molecule has 14 heavy (non-hydrogen) atoms. The highest BCUT2D eigenvalue weighted by Gasteiger charge is 2.26. The number of hydrogen-bond acceptors (Lipinski definition) is 3. The van der Waals surface area contributed by atoms with Crippen LogP contribution in [-0.2, 0) is 4.79 Å². The maximum absolute atomic E-state index is 10.6. The van der Waals surface area contributed by atoms with Crippen molar-refractivity contribution in [2.75, 3.05) is 5.33 Å². The van der Waals surface area contributed by atoms with E-state index in [0.29, 0.717) is 17.3 Å². The molecule has 0 aromatic heterocycles. The second-order valence-electron chi connectivity index (χ2n) is 2.85. The van der Waals surface area contributed by atoms with Crippen LogP contribution in [0.2, 0.25) is 0 Å². The van der Waals surface area contributed by atoms with Gasteiger partial charge >= 0.3 is 5.97 Å². The van der Waals surface area contributed by atoms with E-state index in [1.165, 1.54) is 6.08 Å². The first-order chi connectivity index (χ1) is 6.56. The Morgan fingerprint density at radius 1 is 1.79 bits per heavy atom. The lowest BCUT2D eigenvalue weighted by atomic mass is 9.95. The van der Waals surface area contributed by atoms with Crippen molar-refractivity contribution in [1.82, 2.24) is 0 Å². The summed E-state index contributed by atoms with van der Waals surface area (Å²) in [7, 11) is 0. The molecule has 0 radical (unpaired) electrons. The van der Waals surface area contributed by atoms with Crippen molar-refractivity contribution in [2.24, 2.45) is 5.92 Å². The minimum Gasteiger partial charge on any atom is -0.481 e. The molecule has 1 rings (SSSR count). The number of carboxylic acid groups (broad SMARTS) is 1. The van der Waals surface area contributed by atoms with Crippen LogP contribution < -0.4 is 0 Å². The van der Waals surface area contributed by atoms with Crippen LogP contribution in [0.1, 0.15) is 6.42 Å². The first-order valence-corrected chi connectivity index (χ1v) is 5.02. The third kappa shape index (κ3) is 2.20. The SMILES string of the molecule is O=C(O)C1C=C([N+](=O)[O-])C(CBr)=CC1. The summed E-state index contributed by atoms with van der Waals surface area (Å²) in [5, 5.41) is 19.6. The van der Waals surface area contributed by atoms with E-state index in [1.807, 2.05) is 0 Å². The number of nitro groups is 1. The third-order valence-corrected chi connectivity index (χ3v) is 2.57. The molecule has 0 aromatic carbocycles. The minimum atomic E-state index is -1.03. The molecule has 0 saturated heterocycles. The molecule has 0 aromatic rings. The van der Waals surface area contributed by atoms with E-state index in [2.05, 4.69) is 15.9 Å². The molecule has 1 unspecified atom stereocenters. The van der Waals surface area contributed by atoms with Gasteiger partial charge in [0.05, 0.1) is 10.8 Å². The van der Waals surface area contributed by atoms with Gasteiger partial charge in [-0.05, 0) is 6.42 Å². The van der Waals surface area contributed by atoms with E-state index in [4.69, 9.17) is 5.11 Å². The summed E-state index contributed by atoms with van der Waals surface area (Å²) in [5.41, 5.74) is 0.424. The van der Waals surface area contributed by atoms with Crippen molar-refractivity contribution >= 4 is 21.9 Å². The summed E-state index contributed by atoms with van der Waals surface area (Å²) in [4.78, 5) is 20.6. The number of allylic oxidation sites excluding steroid dienone is 2. The quantitative estimate of drug-likeness (QED) is 0.475. The summed E-state index contributed by atoms with van der Waals surface area (Å²) in [5.74, 6) is -1.81. The van der Waals surface area contributed by atoms with Crippen molar-refractivity contribution in [3.63, 3.8) is 0 Å². The highest BCUT2D eigenvalue weighted by atomic mass is 79.9. The van der Waals surface area contributed by atoms with E-state index in [-0.39, 0.29) is 5.70 Å². The van der Waals surface area contributed by atoms with Crippen LogP contribution in [0, 0.1) is 16.0 Å². The van der Waals surface area contributed by atoms with E-state index in [9.17, 15) is 14.9 Å². The van der Waals surface area contributed by atoms with E-state index in [1.54, 1.807) is 6.08 Å². The fraction of sp³-hybridized carbons (Fsp3) is 0.375. The number of nitrogens with zero attached hydrogens (tertiary/aromatic N) is 1. The van der Waals surface area contributed by atoms with Crippen LogP contribution in [-0.4, -0.2) is 21.3 Å². The Morgan fingerprint density at radius 2 is 2.43 bits per heavy atom. The molecular formula is C8H8BrNO4. The molecule has 0 bridgehead atoms. The van der Waals surface area contributed by atoms with E-state index in [0.717, 1.165) is 0 Å². The number of rotatable bonds is 3. The Balaban J connectivity index is 2.97. The molecular weight excluding hydrogens is 254 g/mol. The zero-order valence-electron chi connectivity index (χ0n) is 7.14. The number of aliphatic carboxylic acids is 1. The molecule has 1 N–H and O–H groups in total. The smallest absolute Gasteiger partial charge is 0.310 e. The number of alkyl halides is 1. The Labute approximate surface area is 88.4 Å². The third-order valence-electron chi connectivity index (χ3n) is 1.96. The molecule has 0 fully saturated rings. The van der Waals surface area contributed by atoms with Crippen LogP contribution in [0.3, 0.4) is 0 Å². The van der Waals surface area contributed by atoms with Crippen molar-refractivity contribution in [3.8, 4) is 0 Å². The van der Waals surface area contributed by atoms with Gasteiger partial charge in [0.15, 0.2) is 0 Å². The molecule has 0 amide bonds. The van der Waals surface area contributed by atoms with Gasteiger partial charge in [0.2, 0.25) is 0 Å². The molecule has 1 atom stereocenters. The predicted octanol–water partition coefficient (Wildman–Crippen LogP) is 1.57. The Bertz CT molecular complexity index is 334. The Morgan fingerprint density at radius 3 is 2.86 bits per heavy atom. The Kier molecular flexibility index (Phi) is 3.40. The summed E-state index contributed by atoms with van der Waals surface area (Å²) in [6, 6.07) is 0. The fourth-order valence-corrected chi connectivity index (χ4v) is 1.73. The van der Waals surface area contributed by atoms with Crippen molar-refractivity contribution in [3.05, 3.63) is 33.5 Å². The second kappa shape index (κ2) is 4.36. The molecule has 1 aliphatic carbocycles. The van der Waals surface area contributed by atoms with Gasteiger partial charge in [-0.25, -0.2) is 0 Å². The molecule has 0 saturated carbocycles. The monoisotopic (exact) mass is 261 g/mol. The first kappa shape index (κ1) is 10.9. The Hall–Kier alpha value is -1.17. The minimum absolute atomic E-state index is 0.111. The van der Waals surface area contributed by atoms with Crippen molar-refractivity contribution in [1.29, 1.82) is 0 Å². The van der Waals surface area contributed by atoms with Crippen LogP contribution in [0.25, 0.3) is 0 Å². The van der Waals surface area contributed by atoms with Gasteiger partial charge in [-0.2, -0.15) is 0 Å².